The maximum Gasteiger partial charge on any atom is 0.211 e. The Labute approximate surface area is 215 Å². The second-order valence-electron chi connectivity index (χ2n) is 8.48. The average Bonchev–Trinajstić information content (AvgIpc) is 3.21. The fourth-order valence-electron chi connectivity index (χ4n) is 4.34. The minimum absolute atomic E-state index is 0.235. The number of fused-ring (bicyclic) bond motifs is 1. The molecule has 0 N–H and O–H groups in total. The molecule has 1 aliphatic heterocycles. The topological polar surface area (TPSA) is 85.0 Å². The molecule has 0 unspecified atom stereocenters. The second kappa shape index (κ2) is 10.4. The van der Waals surface area contributed by atoms with Crippen LogP contribution in [0.5, 0.6) is 0 Å². The zero-order chi connectivity index (χ0) is 25.3. The molecule has 0 spiro atoms. The fourth-order valence-corrected chi connectivity index (χ4v) is 6.27. The third-order valence-electron chi connectivity index (χ3n) is 6.22. The van der Waals surface area contributed by atoms with Gasteiger partial charge in [0.05, 0.1) is 17.5 Å². The number of nitriles is 1. The molecule has 3 heterocycles. The summed E-state index contributed by atoms with van der Waals surface area (Å²) in [4.78, 5) is 5.36. The highest BCUT2D eigenvalue weighted by molar-refractivity contribution is 8.05. The summed E-state index contributed by atoms with van der Waals surface area (Å²) in [5.74, 6) is 0.623. The summed E-state index contributed by atoms with van der Waals surface area (Å²) < 4.78 is 42.4. The number of pyridine rings is 1. The Morgan fingerprint density at radius 3 is 2.63 bits per heavy atom. The van der Waals surface area contributed by atoms with Crippen LogP contribution in [0, 0.1) is 17.1 Å². The molecule has 12 heteroatoms. The Morgan fingerprint density at radius 2 is 2.00 bits per heavy atom. The van der Waals surface area contributed by atoms with Crippen LogP contribution in [-0.2, 0) is 16.4 Å². The lowest BCUT2D eigenvalue weighted by atomic mass is 9.91. The number of aromatic nitrogens is 2. The molecule has 0 radical (unpaired) electrons. The molecule has 0 aliphatic carbocycles. The molecule has 0 bridgehead atoms. The van der Waals surface area contributed by atoms with E-state index >= 15 is 0 Å². The zero-order valence-electron chi connectivity index (χ0n) is 19.7. The minimum Gasteiger partial charge on any atom is -0.285 e. The van der Waals surface area contributed by atoms with E-state index in [1.165, 1.54) is 34.6 Å². The molecule has 4 rings (SSSR count). The number of anilines is 1. The number of sulfonamides is 1. The van der Waals surface area contributed by atoms with Crippen LogP contribution in [0.2, 0.25) is 0 Å². The number of nitrogens with zero attached hydrogens (tertiary/aromatic N) is 6. The van der Waals surface area contributed by atoms with Crippen molar-refractivity contribution in [1.82, 2.24) is 17.5 Å². The van der Waals surface area contributed by atoms with E-state index in [1.54, 1.807) is 9.89 Å². The van der Waals surface area contributed by atoms with Crippen molar-refractivity contribution in [3.05, 3.63) is 59.2 Å². The van der Waals surface area contributed by atoms with Gasteiger partial charge in [-0.2, -0.15) is 5.26 Å². The molecule has 0 saturated carbocycles. The number of imidazole rings is 1. The number of benzene rings is 1. The van der Waals surface area contributed by atoms with E-state index in [-0.39, 0.29) is 11.5 Å². The molecule has 1 aromatic carbocycles. The minimum atomic E-state index is -3.17. The maximum atomic E-state index is 13.6. The summed E-state index contributed by atoms with van der Waals surface area (Å²) in [7, 11) is -1.32. The van der Waals surface area contributed by atoms with E-state index in [9.17, 15) is 18.1 Å². The van der Waals surface area contributed by atoms with Gasteiger partial charge in [0.1, 0.15) is 17.5 Å². The van der Waals surface area contributed by atoms with Crippen molar-refractivity contribution in [3.63, 3.8) is 0 Å². The van der Waals surface area contributed by atoms with Crippen molar-refractivity contribution in [2.24, 2.45) is 0 Å². The van der Waals surface area contributed by atoms with Gasteiger partial charge in [0.15, 0.2) is 5.82 Å². The van der Waals surface area contributed by atoms with E-state index in [0.29, 0.717) is 24.4 Å². The van der Waals surface area contributed by atoms with E-state index in [0.717, 1.165) is 35.6 Å². The predicted octanol–water partition coefficient (Wildman–Crippen LogP) is 4.25. The number of aryl methyl sites for hydroxylation is 1. The third kappa shape index (κ3) is 5.44. The zero-order valence-corrected chi connectivity index (χ0v) is 22.2. The van der Waals surface area contributed by atoms with Crippen LogP contribution in [0.15, 0.2) is 41.4 Å². The smallest absolute Gasteiger partial charge is 0.211 e. The number of hydrazine groups is 1. The van der Waals surface area contributed by atoms with Gasteiger partial charge in [-0.1, -0.05) is 25.8 Å². The Kier molecular flexibility index (Phi) is 7.63. The van der Waals surface area contributed by atoms with Crippen molar-refractivity contribution in [1.29, 1.82) is 5.26 Å². The number of hydrogen-bond acceptors (Lipinski definition) is 8. The number of hydrogen-bond donors (Lipinski definition) is 1. The van der Waals surface area contributed by atoms with Gasteiger partial charge in [-0.25, -0.2) is 22.1 Å². The molecular weight excluding hydrogens is 507 g/mol. The normalized spacial score (nSPS) is 15.6. The summed E-state index contributed by atoms with van der Waals surface area (Å²) in [6.45, 7) is 3.06. The largest absolute Gasteiger partial charge is 0.285 e. The number of thiol groups is 1. The molecule has 1 saturated heterocycles. The van der Waals surface area contributed by atoms with E-state index in [4.69, 9.17) is 4.98 Å². The highest BCUT2D eigenvalue weighted by atomic mass is 32.2. The Hall–Kier alpha value is -2.30. The van der Waals surface area contributed by atoms with Gasteiger partial charge in [-0.15, -0.1) is 3.82 Å². The molecule has 3 aromatic rings. The Morgan fingerprint density at radius 1 is 1.29 bits per heavy atom. The summed E-state index contributed by atoms with van der Waals surface area (Å²) in [5.41, 5.74) is 3.05. The third-order valence-corrected chi connectivity index (χ3v) is 9.00. The molecule has 186 valence electrons. The van der Waals surface area contributed by atoms with Crippen LogP contribution in [-0.4, -0.2) is 52.3 Å². The molecule has 0 atom stereocenters. The molecule has 35 heavy (non-hydrogen) atoms. The second-order valence-corrected chi connectivity index (χ2v) is 12.1. The van der Waals surface area contributed by atoms with Crippen LogP contribution in [0.4, 0.5) is 10.2 Å². The van der Waals surface area contributed by atoms with Crippen LogP contribution in [0.25, 0.3) is 5.65 Å². The lowest BCUT2D eigenvalue weighted by Gasteiger charge is -2.31. The summed E-state index contributed by atoms with van der Waals surface area (Å²) >= 11 is 5.83. The van der Waals surface area contributed by atoms with Crippen LogP contribution in [0.1, 0.15) is 42.5 Å². The number of rotatable bonds is 7. The first-order valence-corrected chi connectivity index (χ1v) is 14.2. The molecule has 0 amide bonds. The van der Waals surface area contributed by atoms with E-state index in [2.05, 4.69) is 25.1 Å². The molecular formula is C23H27FN6O2S3. The van der Waals surface area contributed by atoms with Crippen molar-refractivity contribution >= 4 is 46.3 Å². The Balaban J connectivity index is 1.62. The molecule has 2 aromatic heterocycles. The lowest BCUT2D eigenvalue weighted by Crippen LogP contribution is -2.37. The molecule has 8 nitrogen and oxygen atoms in total. The first-order valence-electron chi connectivity index (χ1n) is 11.2. The van der Waals surface area contributed by atoms with Gasteiger partial charge >= 0.3 is 0 Å². The number of piperidine rings is 1. The van der Waals surface area contributed by atoms with Crippen molar-refractivity contribution in [3.8, 4) is 6.07 Å². The van der Waals surface area contributed by atoms with Gasteiger partial charge in [-0.05, 0) is 67.0 Å². The van der Waals surface area contributed by atoms with Crippen molar-refractivity contribution in [2.45, 2.75) is 37.0 Å². The number of halogens is 1. The monoisotopic (exact) mass is 534 g/mol. The summed E-state index contributed by atoms with van der Waals surface area (Å²) in [5, 5.41) is 11.2. The van der Waals surface area contributed by atoms with Crippen LogP contribution in [0.3, 0.4) is 0 Å². The fraction of sp³-hybridized carbons (Fsp3) is 0.391. The first kappa shape index (κ1) is 25.8. The van der Waals surface area contributed by atoms with Crippen molar-refractivity contribution < 1.29 is 12.8 Å². The summed E-state index contributed by atoms with van der Waals surface area (Å²) in [6.07, 6.45) is 5.55. The standard InChI is InChI=1S/C23H27FN6O2S3/c1-4-20-23(27(2)30(33)34-21-7-6-19(24)13-18(21)14-25)29-15-17(5-8-22(29)26-20)16-9-11-28(12-10-16)35(3,31)32/h5-8,13,15-16,33H,4,9-12H2,1-3H3. The quantitative estimate of drug-likeness (QED) is 0.276. The van der Waals surface area contributed by atoms with Gasteiger partial charge < -0.3 is 0 Å². The SMILES string of the molecule is CCc1nc2ccc(C3CCN(S(C)(=O)=O)CC3)cn2c1N(C)N(S)Sc1ccc(F)cc1C#N. The Bertz CT molecular complexity index is 1380. The van der Waals surface area contributed by atoms with Gasteiger partial charge in [0, 0.05) is 31.2 Å². The highest BCUT2D eigenvalue weighted by Crippen LogP contribution is 2.35. The van der Waals surface area contributed by atoms with E-state index in [1.807, 2.05) is 35.5 Å². The lowest BCUT2D eigenvalue weighted by molar-refractivity contribution is 0.321. The predicted molar refractivity (Wildman–Crippen MR) is 139 cm³/mol. The first-order chi connectivity index (χ1) is 16.6. The van der Waals surface area contributed by atoms with Gasteiger partial charge in [-0.3, -0.25) is 9.41 Å². The van der Waals surface area contributed by atoms with Gasteiger partial charge in [0.2, 0.25) is 10.0 Å². The summed E-state index contributed by atoms with van der Waals surface area (Å²) in [6, 6.07) is 10.2. The average molecular weight is 535 g/mol. The van der Waals surface area contributed by atoms with E-state index < -0.39 is 15.8 Å². The van der Waals surface area contributed by atoms with Crippen LogP contribution >= 0.6 is 24.8 Å². The van der Waals surface area contributed by atoms with Gasteiger partial charge in [0.25, 0.3) is 0 Å². The molecule has 1 aliphatic rings. The van der Waals surface area contributed by atoms with Crippen LogP contribution < -0.4 is 5.01 Å². The van der Waals surface area contributed by atoms with Crippen molar-refractivity contribution in [2.75, 3.05) is 31.4 Å². The molecule has 1 fully saturated rings. The highest BCUT2D eigenvalue weighted by Gasteiger charge is 2.27. The maximum absolute atomic E-state index is 13.6.